The molecule has 1 N–H and O–H groups in total. The lowest BCUT2D eigenvalue weighted by atomic mass is 10.2. The molecule has 18 heavy (non-hydrogen) atoms. The van der Waals surface area contributed by atoms with Crippen molar-refractivity contribution in [3.63, 3.8) is 0 Å². The summed E-state index contributed by atoms with van der Waals surface area (Å²) >= 11 is 15.5. The molecule has 0 atom stereocenters. The second-order valence-electron chi connectivity index (χ2n) is 3.53. The van der Waals surface area contributed by atoms with Gasteiger partial charge in [0.25, 0.3) is 0 Å². The van der Waals surface area contributed by atoms with E-state index in [1.54, 1.807) is 36.4 Å². The first-order valence-corrected chi connectivity index (χ1v) is 6.57. The molecule has 0 radical (unpaired) electrons. The number of para-hydroxylation sites is 1. The third-order valence-electron chi connectivity index (χ3n) is 2.32. The van der Waals surface area contributed by atoms with Crippen LogP contribution in [0.5, 0.6) is 0 Å². The number of nitriles is 1. The van der Waals surface area contributed by atoms with Gasteiger partial charge in [-0.2, -0.15) is 5.26 Å². The number of nitrogens with zero attached hydrogens (tertiary/aromatic N) is 1. The van der Waals surface area contributed by atoms with Crippen molar-refractivity contribution >= 4 is 50.5 Å². The van der Waals surface area contributed by atoms with Crippen LogP contribution < -0.4 is 5.32 Å². The molecule has 0 bridgehead atoms. The summed E-state index contributed by atoms with van der Waals surface area (Å²) in [5.41, 5.74) is 2.02. The lowest BCUT2D eigenvalue weighted by molar-refractivity contribution is 1.46. The topological polar surface area (TPSA) is 35.8 Å². The van der Waals surface area contributed by atoms with E-state index in [1.165, 1.54) is 0 Å². The highest BCUT2D eigenvalue weighted by Crippen LogP contribution is 2.35. The fraction of sp³-hybridized carbons (Fsp3) is 0. The standard InChI is InChI=1S/C13H7BrCl2N2/c14-9-6-8(7-17)4-5-12(9)18-13-10(15)2-1-3-11(13)16/h1-6,18H. The Morgan fingerprint density at radius 1 is 1.11 bits per heavy atom. The average Bonchev–Trinajstić information content (AvgIpc) is 2.35. The van der Waals surface area contributed by atoms with E-state index >= 15 is 0 Å². The Labute approximate surface area is 123 Å². The van der Waals surface area contributed by atoms with Gasteiger partial charge < -0.3 is 5.32 Å². The molecule has 0 spiro atoms. The van der Waals surface area contributed by atoms with Crippen LogP contribution in [0, 0.1) is 11.3 Å². The first kappa shape index (κ1) is 13.2. The van der Waals surface area contributed by atoms with Gasteiger partial charge in [-0.3, -0.25) is 0 Å². The molecule has 0 saturated carbocycles. The summed E-state index contributed by atoms with van der Waals surface area (Å²) in [6.07, 6.45) is 0. The Balaban J connectivity index is 2.38. The fourth-order valence-corrected chi connectivity index (χ4v) is 2.41. The maximum absolute atomic E-state index is 8.80. The van der Waals surface area contributed by atoms with Crippen molar-refractivity contribution in [3.8, 4) is 6.07 Å². The molecule has 0 fully saturated rings. The minimum absolute atomic E-state index is 0.541. The highest BCUT2D eigenvalue weighted by atomic mass is 79.9. The fourth-order valence-electron chi connectivity index (χ4n) is 1.44. The van der Waals surface area contributed by atoms with Crippen LogP contribution in [0.4, 0.5) is 11.4 Å². The number of hydrogen-bond donors (Lipinski definition) is 1. The number of benzene rings is 2. The predicted molar refractivity (Wildman–Crippen MR) is 78.6 cm³/mol. The Bertz CT molecular complexity index is 615. The van der Waals surface area contributed by atoms with Crippen molar-refractivity contribution in [2.24, 2.45) is 0 Å². The third-order valence-corrected chi connectivity index (χ3v) is 3.61. The van der Waals surface area contributed by atoms with Gasteiger partial charge >= 0.3 is 0 Å². The number of halogens is 3. The first-order valence-electron chi connectivity index (χ1n) is 5.02. The molecule has 0 heterocycles. The smallest absolute Gasteiger partial charge is 0.0992 e. The predicted octanol–water partition coefficient (Wildman–Crippen LogP) is 5.37. The van der Waals surface area contributed by atoms with Crippen LogP contribution in [0.25, 0.3) is 0 Å². The van der Waals surface area contributed by atoms with Gasteiger partial charge in [0, 0.05) is 4.47 Å². The van der Waals surface area contributed by atoms with Crippen molar-refractivity contribution in [2.45, 2.75) is 0 Å². The van der Waals surface area contributed by atoms with Crippen LogP contribution in [-0.4, -0.2) is 0 Å². The van der Waals surface area contributed by atoms with Crippen LogP contribution >= 0.6 is 39.1 Å². The van der Waals surface area contributed by atoms with Crippen molar-refractivity contribution in [1.82, 2.24) is 0 Å². The normalized spacial score (nSPS) is 9.89. The van der Waals surface area contributed by atoms with Gasteiger partial charge in [0.15, 0.2) is 0 Å². The zero-order valence-electron chi connectivity index (χ0n) is 9.05. The zero-order chi connectivity index (χ0) is 13.1. The molecule has 2 aromatic carbocycles. The monoisotopic (exact) mass is 340 g/mol. The maximum Gasteiger partial charge on any atom is 0.0992 e. The molecular formula is C13H7BrCl2N2. The van der Waals surface area contributed by atoms with Gasteiger partial charge in [-0.05, 0) is 46.3 Å². The van der Waals surface area contributed by atoms with Gasteiger partial charge in [-0.25, -0.2) is 0 Å². The highest BCUT2D eigenvalue weighted by Gasteiger charge is 2.08. The van der Waals surface area contributed by atoms with Crippen LogP contribution in [0.15, 0.2) is 40.9 Å². The van der Waals surface area contributed by atoms with Crippen LogP contribution in [0.2, 0.25) is 10.0 Å². The lowest BCUT2D eigenvalue weighted by Crippen LogP contribution is -1.93. The molecular weight excluding hydrogens is 335 g/mol. The summed E-state index contributed by atoms with van der Waals surface area (Å²) in [5.74, 6) is 0. The van der Waals surface area contributed by atoms with E-state index in [9.17, 15) is 0 Å². The Kier molecular flexibility index (Phi) is 4.13. The van der Waals surface area contributed by atoms with Crippen molar-refractivity contribution in [3.05, 3.63) is 56.5 Å². The second kappa shape index (κ2) is 5.62. The Morgan fingerprint density at radius 2 is 1.78 bits per heavy atom. The van der Waals surface area contributed by atoms with E-state index in [4.69, 9.17) is 28.5 Å². The minimum Gasteiger partial charge on any atom is -0.352 e. The van der Waals surface area contributed by atoms with Gasteiger partial charge in [-0.15, -0.1) is 0 Å². The van der Waals surface area contributed by atoms with Crippen LogP contribution in [0.1, 0.15) is 5.56 Å². The molecule has 0 aliphatic heterocycles. The van der Waals surface area contributed by atoms with Gasteiger partial charge in [0.1, 0.15) is 0 Å². The van der Waals surface area contributed by atoms with Crippen LogP contribution in [0.3, 0.4) is 0 Å². The lowest BCUT2D eigenvalue weighted by Gasteiger charge is -2.11. The van der Waals surface area contributed by atoms with E-state index in [0.717, 1.165) is 10.2 Å². The molecule has 0 amide bonds. The maximum atomic E-state index is 8.80. The zero-order valence-corrected chi connectivity index (χ0v) is 12.1. The first-order chi connectivity index (χ1) is 8.61. The van der Waals surface area contributed by atoms with Crippen molar-refractivity contribution in [1.29, 1.82) is 5.26 Å². The van der Waals surface area contributed by atoms with Crippen molar-refractivity contribution < 1.29 is 0 Å². The number of nitrogens with one attached hydrogen (secondary N) is 1. The molecule has 0 aliphatic carbocycles. The van der Waals surface area contributed by atoms with Crippen LogP contribution in [-0.2, 0) is 0 Å². The number of hydrogen-bond acceptors (Lipinski definition) is 2. The molecule has 2 aromatic rings. The summed E-state index contributed by atoms with van der Waals surface area (Å²) < 4.78 is 0.775. The molecule has 0 unspecified atom stereocenters. The molecule has 5 heteroatoms. The van der Waals surface area contributed by atoms with Crippen molar-refractivity contribution in [2.75, 3.05) is 5.32 Å². The average molecular weight is 342 g/mol. The highest BCUT2D eigenvalue weighted by molar-refractivity contribution is 9.10. The number of anilines is 2. The molecule has 0 aromatic heterocycles. The Hall–Kier alpha value is -1.21. The van der Waals surface area contributed by atoms with Gasteiger partial charge in [-0.1, -0.05) is 29.3 Å². The molecule has 2 rings (SSSR count). The summed E-state index contributed by atoms with van der Waals surface area (Å²) in [6, 6.07) is 12.6. The molecule has 0 saturated heterocycles. The van der Waals surface area contributed by atoms with E-state index in [2.05, 4.69) is 27.3 Å². The van der Waals surface area contributed by atoms with Gasteiger partial charge in [0.05, 0.1) is 33.1 Å². The largest absolute Gasteiger partial charge is 0.352 e. The second-order valence-corrected chi connectivity index (χ2v) is 5.20. The number of rotatable bonds is 2. The molecule has 0 aliphatic rings. The quantitative estimate of drug-likeness (QED) is 0.796. The van der Waals surface area contributed by atoms with E-state index in [0.29, 0.717) is 21.3 Å². The summed E-state index contributed by atoms with van der Waals surface area (Å²) in [6.45, 7) is 0. The van der Waals surface area contributed by atoms with E-state index < -0.39 is 0 Å². The third kappa shape index (κ3) is 2.78. The minimum atomic E-state index is 0.541. The summed E-state index contributed by atoms with van der Waals surface area (Å²) in [7, 11) is 0. The summed E-state index contributed by atoms with van der Waals surface area (Å²) in [5, 5.41) is 13.0. The molecule has 90 valence electrons. The van der Waals surface area contributed by atoms with E-state index in [-0.39, 0.29) is 0 Å². The summed E-state index contributed by atoms with van der Waals surface area (Å²) in [4.78, 5) is 0. The Morgan fingerprint density at radius 3 is 2.33 bits per heavy atom. The molecule has 2 nitrogen and oxygen atoms in total. The SMILES string of the molecule is N#Cc1ccc(Nc2c(Cl)cccc2Cl)c(Br)c1. The van der Waals surface area contributed by atoms with Gasteiger partial charge in [0.2, 0.25) is 0 Å². The van der Waals surface area contributed by atoms with E-state index in [1.807, 2.05) is 0 Å².